The number of carbonyl (C=O) groups is 4. The number of nitrogens with zero attached hydrogens (tertiary/aromatic N) is 1. The fraction of sp³-hybridized carbons (Fsp3) is 0.400. The second-order valence-corrected chi connectivity index (χ2v) is 11.8. The third-order valence-corrected chi connectivity index (χ3v) is 8.05. The van der Waals surface area contributed by atoms with Crippen molar-refractivity contribution in [3.8, 4) is 11.1 Å². The van der Waals surface area contributed by atoms with Gasteiger partial charge in [-0.3, -0.25) is 23.7 Å². The van der Waals surface area contributed by atoms with Crippen molar-refractivity contribution in [2.75, 3.05) is 11.9 Å². The van der Waals surface area contributed by atoms with E-state index in [9.17, 15) is 23.6 Å². The average Bonchev–Trinajstić information content (AvgIpc) is 3.19. The van der Waals surface area contributed by atoms with E-state index in [0.29, 0.717) is 59.8 Å². The molecule has 1 aliphatic heterocycles. The average molecular weight is 567 g/mol. The van der Waals surface area contributed by atoms with Crippen molar-refractivity contribution in [3.05, 3.63) is 53.2 Å². The van der Waals surface area contributed by atoms with Gasteiger partial charge in [0.2, 0.25) is 11.8 Å². The number of fused-ring (bicyclic) bond motifs is 3. The van der Waals surface area contributed by atoms with E-state index in [0.717, 1.165) is 0 Å². The third kappa shape index (κ3) is 5.53. The van der Waals surface area contributed by atoms with Crippen molar-refractivity contribution < 1.29 is 33.1 Å². The highest BCUT2D eigenvalue weighted by Crippen LogP contribution is 2.44. The monoisotopic (exact) mass is 566 g/mol. The lowest BCUT2D eigenvalue weighted by Gasteiger charge is -2.31. The van der Waals surface area contributed by atoms with Gasteiger partial charge in [-0.1, -0.05) is 13.8 Å². The zero-order valence-corrected chi connectivity index (χ0v) is 22.9. The number of hydrogen-bond acceptors (Lipinski definition) is 5. The van der Waals surface area contributed by atoms with Crippen LogP contribution in [0.15, 0.2) is 30.3 Å². The second-order valence-electron chi connectivity index (χ2n) is 11.8. The number of benzene rings is 2. The molecule has 41 heavy (non-hydrogen) atoms. The number of nitrogens with two attached hydrogens (primary N) is 1. The predicted molar refractivity (Wildman–Crippen MR) is 149 cm³/mol. The number of halogens is 2. The summed E-state index contributed by atoms with van der Waals surface area (Å²) in [6.45, 7) is 3.50. The Bertz CT molecular complexity index is 1590. The zero-order chi connectivity index (χ0) is 29.6. The molecule has 1 aromatic heterocycles. The fourth-order valence-electron chi connectivity index (χ4n) is 6.23. The van der Waals surface area contributed by atoms with Crippen LogP contribution in [0.5, 0.6) is 0 Å². The van der Waals surface area contributed by atoms with Gasteiger partial charge in [-0.2, -0.15) is 0 Å². The Morgan fingerprint density at radius 3 is 2.44 bits per heavy atom. The first-order valence-corrected chi connectivity index (χ1v) is 13.6. The minimum Gasteiger partial charge on any atom is -0.480 e. The van der Waals surface area contributed by atoms with Gasteiger partial charge >= 0.3 is 5.97 Å². The van der Waals surface area contributed by atoms with Crippen LogP contribution in [0.2, 0.25) is 0 Å². The van der Waals surface area contributed by atoms with Crippen LogP contribution < -0.4 is 16.4 Å². The van der Waals surface area contributed by atoms with Gasteiger partial charge in [0.25, 0.3) is 5.91 Å². The van der Waals surface area contributed by atoms with Crippen molar-refractivity contribution in [2.45, 2.75) is 58.4 Å². The van der Waals surface area contributed by atoms with Gasteiger partial charge in [-0.05, 0) is 73.4 Å². The van der Waals surface area contributed by atoms with Gasteiger partial charge in [0.15, 0.2) is 0 Å². The number of carbonyl (C=O) groups excluding carboxylic acids is 3. The molecule has 11 heteroatoms. The molecule has 9 nitrogen and oxygen atoms in total. The minimum atomic E-state index is -1.12. The van der Waals surface area contributed by atoms with Gasteiger partial charge in [-0.15, -0.1) is 0 Å². The van der Waals surface area contributed by atoms with Crippen LogP contribution in [-0.2, 0) is 16.0 Å². The first-order chi connectivity index (χ1) is 19.3. The van der Waals surface area contributed by atoms with Crippen LogP contribution in [0.4, 0.5) is 14.5 Å². The molecular formula is C30H32F2N4O5. The van der Waals surface area contributed by atoms with Crippen molar-refractivity contribution in [1.82, 2.24) is 9.88 Å². The third-order valence-electron chi connectivity index (χ3n) is 8.05. The fourth-order valence-corrected chi connectivity index (χ4v) is 6.23. The Kier molecular flexibility index (Phi) is 7.31. The molecule has 2 aliphatic rings. The molecule has 0 radical (unpaired) electrons. The van der Waals surface area contributed by atoms with Crippen LogP contribution in [0.25, 0.3) is 22.0 Å². The predicted octanol–water partition coefficient (Wildman–Crippen LogP) is 4.47. The lowest BCUT2D eigenvalue weighted by atomic mass is 9.80. The number of carboxylic acids is 1. The maximum atomic E-state index is 15.6. The summed E-state index contributed by atoms with van der Waals surface area (Å²) in [4.78, 5) is 48.6. The van der Waals surface area contributed by atoms with E-state index in [1.54, 1.807) is 12.1 Å². The molecule has 216 valence electrons. The lowest BCUT2D eigenvalue weighted by Crippen LogP contribution is -2.38. The SMILES string of the molecule is CC1(C)CC(=O)n2c(c(-c3cc(F)c(C(N)=O)c(N[C@H]4CC[C@H](C(=O)NCC(=O)O)CC4)c3)c3ccc(F)cc32)C1. The number of carboxylic acid groups (broad SMARTS) is 1. The summed E-state index contributed by atoms with van der Waals surface area (Å²) in [7, 11) is 0. The molecular weight excluding hydrogens is 534 g/mol. The van der Waals surface area contributed by atoms with Crippen LogP contribution >= 0.6 is 0 Å². The van der Waals surface area contributed by atoms with Crippen LogP contribution in [-0.4, -0.2) is 46.0 Å². The smallest absolute Gasteiger partial charge is 0.322 e. The summed E-state index contributed by atoms with van der Waals surface area (Å²) in [5.41, 5.74) is 7.18. The number of anilines is 1. The highest BCUT2D eigenvalue weighted by Gasteiger charge is 2.36. The maximum absolute atomic E-state index is 15.6. The Morgan fingerprint density at radius 1 is 1.07 bits per heavy atom. The molecule has 5 rings (SSSR count). The quantitative estimate of drug-likeness (QED) is 0.332. The van der Waals surface area contributed by atoms with Gasteiger partial charge in [0, 0.05) is 35.0 Å². The summed E-state index contributed by atoms with van der Waals surface area (Å²) < 4.78 is 31.4. The molecule has 1 fully saturated rings. The van der Waals surface area contributed by atoms with Crippen molar-refractivity contribution in [1.29, 1.82) is 0 Å². The molecule has 0 saturated heterocycles. The molecule has 0 spiro atoms. The van der Waals surface area contributed by atoms with E-state index in [1.807, 2.05) is 13.8 Å². The molecule has 5 N–H and O–H groups in total. The number of amides is 2. The summed E-state index contributed by atoms with van der Waals surface area (Å²) in [6.07, 6.45) is 2.80. The Hall–Kier alpha value is -4.28. The van der Waals surface area contributed by atoms with E-state index in [2.05, 4.69) is 10.6 Å². The molecule has 2 heterocycles. The topological polar surface area (TPSA) is 144 Å². The van der Waals surface area contributed by atoms with Crippen LogP contribution in [0.1, 0.15) is 66.8 Å². The Labute approximate surface area is 235 Å². The van der Waals surface area contributed by atoms with E-state index < -0.39 is 30.1 Å². The van der Waals surface area contributed by atoms with Gasteiger partial charge in [0.1, 0.15) is 18.2 Å². The summed E-state index contributed by atoms with van der Waals surface area (Å²) in [6, 6.07) is 6.85. The Morgan fingerprint density at radius 2 is 1.78 bits per heavy atom. The molecule has 3 aromatic rings. The number of primary amides is 1. The molecule has 0 atom stereocenters. The zero-order valence-electron chi connectivity index (χ0n) is 22.9. The van der Waals surface area contributed by atoms with Crippen molar-refractivity contribution in [2.24, 2.45) is 17.1 Å². The maximum Gasteiger partial charge on any atom is 0.322 e. The van der Waals surface area contributed by atoms with E-state index in [4.69, 9.17) is 10.8 Å². The minimum absolute atomic E-state index is 0.171. The number of nitrogens with one attached hydrogen (secondary N) is 2. The second kappa shape index (κ2) is 10.6. The highest BCUT2D eigenvalue weighted by molar-refractivity contribution is 6.06. The standard InChI is InChI=1S/C30H32F2N4O5/c1-30(2)12-23-26(19-8-5-17(31)11-22(19)36(23)24(37)13-30)16-9-20(32)27(28(33)40)21(10-16)35-18-6-3-15(4-7-18)29(41)34-14-25(38)39/h5,8-11,15,18,35H,3-4,6-7,12-14H2,1-2H3,(H2,33,40)(H,34,41)(H,38,39)/t15-,18-. The summed E-state index contributed by atoms with van der Waals surface area (Å²) in [5.74, 6) is -4.22. The Balaban J connectivity index is 1.52. The van der Waals surface area contributed by atoms with E-state index in [-0.39, 0.29) is 46.9 Å². The first kappa shape index (κ1) is 28.3. The molecule has 0 unspecified atom stereocenters. The normalized spacial score (nSPS) is 20.0. The molecule has 2 amide bonds. The lowest BCUT2D eigenvalue weighted by molar-refractivity contribution is -0.138. The summed E-state index contributed by atoms with van der Waals surface area (Å²) >= 11 is 0. The van der Waals surface area contributed by atoms with E-state index in [1.165, 1.54) is 22.8 Å². The molecule has 1 aliphatic carbocycles. The molecule has 0 bridgehead atoms. The van der Waals surface area contributed by atoms with Crippen LogP contribution in [0.3, 0.4) is 0 Å². The van der Waals surface area contributed by atoms with Crippen molar-refractivity contribution >= 4 is 40.3 Å². The van der Waals surface area contributed by atoms with Gasteiger partial charge in [-0.25, -0.2) is 8.78 Å². The number of hydrogen-bond donors (Lipinski definition) is 4. The number of rotatable bonds is 7. The molecule has 1 saturated carbocycles. The van der Waals surface area contributed by atoms with Crippen LogP contribution in [0, 0.1) is 23.0 Å². The van der Waals surface area contributed by atoms with E-state index >= 15 is 4.39 Å². The highest BCUT2D eigenvalue weighted by atomic mass is 19.1. The number of aromatic nitrogens is 1. The van der Waals surface area contributed by atoms with Crippen molar-refractivity contribution in [3.63, 3.8) is 0 Å². The largest absolute Gasteiger partial charge is 0.480 e. The molecule has 2 aromatic carbocycles. The number of aliphatic carboxylic acids is 1. The summed E-state index contributed by atoms with van der Waals surface area (Å²) in [5, 5.41) is 15.0. The first-order valence-electron chi connectivity index (χ1n) is 13.6. The van der Waals surface area contributed by atoms with Gasteiger partial charge < -0.3 is 21.5 Å². The van der Waals surface area contributed by atoms with Gasteiger partial charge in [0.05, 0.1) is 16.8 Å².